The van der Waals surface area contributed by atoms with Crippen LogP contribution in [0.1, 0.15) is 22.5 Å². The van der Waals surface area contributed by atoms with Gasteiger partial charge in [0.1, 0.15) is 5.69 Å². The first-order valence-corrected chi connectivity index (χ1v) is 5.05. The Balaban J connectivity index is 3.45. The summed E-state index contributed by atoms with van der Waals surface area (Å²) in [5, 5.41) is 25.4. The predicted molar refractivity (Wildman–Crippen MR) is 66.8 cm³/mol. The van der Waals surface area contributed by atoms with Gasteiger partial charge >= 0.3 is 5.69 Å². The van der Waals surface area contributed by atoms with E-state index in [2.05, 4.69) is 5.10 Å². The van der Waals surface area contributed by atoms with Crippen molar-refractivity contribution in [3.05, 3.63) is 38.4 Å². The number of nitro groups is 2. The van der Waals surface area contributed by atoms with Crippen molar-refractivity contribution in [1.29, 1.82) is 0 Å². The molecule has 0 bridgehead atoms. The number of unbranched alkanes of at least 4 members (excludes halogenated alkanes) is 1. The van der Waals surface area contributed by atoms with E-state index in [9.17, 15) is 20.2 Å². The van der Waals surface area contributed by atoms with Gasteiger partial charge in [-0.3, -0.25) is 25.6 Å². The number of hydrazone groups is 1. The Bertz CT molecular complexity index is 608. The fraction of sp³-hybridized carbons (Fsp3) is 0.300. The van der Waals surface area contributed by atoms with Crippen LogP contribution in [0.15, 0.2) is 23.3 Å². The van der Waals surface area contributed by atoms with Crippen LogP contribution in [0.4, 0.5) is 17.1 Å². The second-order valence-corrected chi connectivity index (χ2v) is 3.20. The molecule has 8 nitrogen and oxygen atoms in total. The van der Waals surface area contributed by atoms with Crippen molar-refractivity contribution in [1.82, 2.24) is 0 Å². The SMILES string of the molecule is [2H]c1cc(N([2H])/N=C/CCC)c([N+](=O)[O-])c([2H])c1[N+](=O)[O-]. The first kappa shape index (κ1) is 9.51. The fourth-order valence-corrected chi connectivity index (χ4v) is 1.02. The molecular weight excluding hydrogens is 240 g/mol. The Morgan fingerprint density at radius 2 is 2.28 bits per heavy atom. The largest absolute Gasteiger partial charge is 0.301 e. The molecule has 0 heterocycles. The quantitative estimate of drug-likeness (QED) is 0.477. The van der Waals surface area contributed by atoms with Gasteiger partial charge in [-0.25, -0.2) is 0 Å². The van der Waals surface area contributed by atoms with Gasteiger partial charge in [-0.1, -0.05) is 13.3 Å². The van der Waals surface area contributed by atoms with E-state index >= 15 is 0 Å². The van der Waals surface area contributed by atoms with Crippen LogP contribution >= 0.6 is 0 Å². The number of nitrogens with zero attached hydrogens (tertiary/aromatic N) is 3. The van der Waals surface area contributed by atoms with E-state index in [1.807, 2.05) is 6.92 Å². The van der Waals surface area contributed by atoms with Gasteiger partial charge in [0.2, 0.25) is 0 Å². The molecule has 0 amide bonds. The maximum atomic E-state index is 11.0. The van der Waals surface area contributed by atoms with Crippen molar-refractivity contribution in [2.24, 2.45) is 5.10 Å². The van der Waals surface area contributed by atoms with Crippen LogP contribution in [0.3, 0.4) is 0 Å². The van der Waals surface area contributed by atoms with Crippen molar-refractivity contribution in [2.75, 3.05) is 5.42 Å². The van der Waals surface area contributed by atoms with Gasteiger partial charge in [0.05, 0.1) is 18.6 Å². The second kappa shape index (κ2) is 6.28. The van der Waals surface area contributed by atoms with Gasteiger partial charge in [0.15, 0.2) is 1.41 Å². The topological polar surface area (TPSA) is 111 Å². The van der Waals surface area contributed by atoms with Gasteiger partial charge in [-0.15, -0.1) is 0 Å². The van der Waals surface area contributed by atoms with Crippen LogP contribution in [0.5, 0.6) is 0 Å². The van der Waals surface area contributed by atoms with E-state index in [1.54, 1.807) is 0 Å². The summed E-state index contributed by atoms with van der Waals surface area (Å²) >= 11 is 0. The highest BCUT2D eigenvalue weighted by molar-refractivity contribution is 5.67. The standard InChI is InChI=1S/C10H12N4O4/c1-2-3-6-11-12-9-5-4-8(13(15)16)7-10(9)14(17)18/h4-7,12H,2-3H2,1H3/b11-6+/i4D,7D/hD. The molecule has 0 aliphatic carbocycles. The Morgan fingerprint density at radius 3 is 2.83 bits per heavy atom. The number of anilines is 1. The minimum absolute atomic E-state index is 0.383. The molecular formula is C10H12N4O4. The predicted octanol–water partition coefficient (Wildman–Crippen LogP) is 2.70. The molecule has 0 unspecified atom stereocenters. The van der Waals surface area contributed by atoms with Crippen molar-refractivity contribution < 1.29 is 14.0 Å². The smallest absolute Gasteiger partial charge is 0.272 e. The van der Waals surface area contributed by atoms with Crippen molar-refractivity contribution in [3.8, 4) is 0 Å². The first-order chi connectivity index (χ1) is 9.81. The lowest BCUT2D eigenvalue weighted by Crippen LogP contribution is -1.98. The average molecular weight is 255 g/mol. The summed E-state index contributed by atoms with van der Waals surface area (Å²) in [6, 6.07) is -0.922. The molecule has 18 heavy (non-hydrogen) atoms. The zero-order chi connectivity index (χ0) is 16.2. The third-order valence-electron chi connectivity index (χ3n) is 1.86. The van der Waals surface area contributed by atoms with Crippen molar-refractivity contribution in [2.45, 2.75) is 19.8 Å². The minimum Gasteiger partial charge on any atom is -0.272 e. The number of hydrogen-bond donors (Lipinski definition) is 1. The van der Waals surface area contributed by atoms with Gasteiger partial charge in [-0.05, 0) is 12.5 Å². The molecule has 1 rings (SSSR count). The van der Waals surface area contributed by atoms with Crippen LogP contribution in [-0.2, 0) is 0 Å². The van der Waals surface area contributed by atoms with Crippen LogP contribution in [0, 0.1) is 20.2 Å². The Labute approximate surface area is 107 Å². The van der Waals surface area contributed by atoms with E-state index in [0.717, 1.165) is 12.5 Å². The molecule has 0 aliphatic heterocycles. The zero-order valence-corrected chi connectivity index (χ0v) is 9.49. The summed E-state index contributed by atoms with van der Waals surface area (Å²) in [6.07, 6.45) is 2.65. The molecule has 0 saturated heterocycles. The second-order valence-electron chi connectivity index (χ2n) is 3.20. The fourth-order valence-electron chi connectivity index (χ4n) is 1.02. The lowest BCUT2D eigenvalue weighted by atomic mass is 10.2. The lowest BCUT2D eigenvalue weighted by molar-refractivity contribution is -0.393. The molecule has 8 heteroatoms. The van der Waals surface area contributed by atoms with Gasteiger partial charge in [-0.2, -0.15) is 5.10 Å². The molecule has 1 aromatic carbocycles. The Kier molecular flexibility index (Phi) is 3.32. The molecule has 0 fully saturated rings. The summed E-state index contributed by atoms with van der Waals surface area (Å²) in [5.41, 5.74) is -1.99. The summed E-state index contributed by atoms with van der Waals surface area (Å²) in [4.78, 5) is 19.7. The molecule has 0 radical (unpaired) electrons. The highest BCUT2D eigenvalue weighted by Crippen LogP contribution is 2.28. The first-order valence-electron chi connectivity index (χ1n) is 6.50. The molecule has 0 aromatic heterocycles. The van der Waals surface area contributed by atoms with E-state index < -0.39 is 39.0 Å². The van der Waals surface area contributed by atoms with Crippen LogP contribution in [-0.4, -0.2) is 16.1 Å². The summed E-state index contributed by atoms with van der Waals surface area (Å²) in [6.45, 7) is 1.87. The Hall–Kier alpha value is -2.51. The Morgan fingerprint density at radius 1 is 1.56 bits per heavy atom. The average Bonchev–Trinajstić information content (AvgIpc) is 2.36. The van der Waals surface area contributed by atoms with E-state index in [4.69, 9.17) is 4.15 Å². The maximum Gasteiger partial charge on any atom is 0.301 e. The summed E-state index contributed by atoms with van der Waals surface area (Å²) in [5.74, 6) is 0. The van der Waals surface area contributed by atoms with Gasteiger partial charge < -0.3 is 0 Å². The van der Waals surface area contributed by atoms with Gasteiger partial charge in [0.25, 0.3) is 5.69 Å². The molecule has 0 aliphatic rings. The molecule has 0 atom stereocenters. The third kappa shape index (κ3) is 3.51. The van der Waals surface area contributed by atoms with E-state index in [0.29, 0.717) is 11.8 Å². The number of nitrogens with one attached hydrogen (secondary N) is 1. The normalized spacial score (nSPS) is 12.8. The van der Waals surface area contributed by atoms with Gasteiger partial charge in [0, 0.05) is 12.3 Å². The minimum atomic E-state index is -1.03. The number of hydrogen-bond acceptors (Lipinski definition) is 6. The van der Waals surface area contributed by atoms with E-state index in [1.165, 1.54) is 6.21 Å². The zero-order valence-electron chi connectivity index (χ0n) is 12.5. The number of nitro benzene ring substituents is 2. The van der Waals surface area contributed by atoms with Crippen LogP contribution in [0.2, 0.25) is 1.41 Å². The molecule has 0 spiro atoms. The monoisotopic (exact) mass is 255 g/mol. The lowest BCUT2D eigenvalue weighted by Gasteiger charge is -2.01. The third-order valence-corrected chi connectivity index (χ3v) is 1.86. The summed E-state index contributed by atoms with van der Waals surface area (Å²) in [7, 11) is 0. The maximum absolute atomic E-state index is 11.0. The molecule has 96 valence electrons. The summed E-state index contributed by atoms with van der Waals surface area (Å²) < 4.78 is 22.6. The highest BCUT2D eigenvalue weighted by atomic mass is 16.6. The molecule has 1 N–H and O–H groups in total. The number of rotatable bonds is 6. The van der Waals surface area contributed by atoms with Crippen LogP contribution < -0.4 is 5.42 Å². The highest BCUT2D eigenvalue weighted by Gasteiger charge is 2.18. The molecule has 1 aromatic rings. The van der Waals surface area contributed by atoms with Crippen molar-refractivity contribution >= 4 is 23.3 Å². The van der Waals surface area contributed by atoms with E-state index in [-0.39, 0.29) is 0 Å². The van der Waals surface area contributed by atoms with Crippen molar-refractivity contribution in [3.63, 3.8) is 0 Å². The number of benzene rings is 1. The molecule has 0 saturated carbocycles. The van der Waals surface area contributed by atoms with Crippen LogP contribution in [0.25, 0.3) is 0 Å².